The average molecular weight is 436 g/mol. The molecule has 1 atom stereocenters. The van der Waals surface area contributed by atoms with Crippen molar-refractivity contribution in [2.24, 2.45) is 0 Å². The molecule has 0 spiro atoms. The Bertz CT molecular complexity index is 1130. The van der Waals surface area contributed by atoms with E-state index in [0.29, 0.717) is 12.4 Å². The molecule has 1 aliphatic rings. The van der Waals surface area contributed by atoms with Gasteiger partial charge in [-0.05, 0) is 37.6 Å². The van der Waals surface area contributed by atoms with Crippen LogP contribution in [0.15, 0.2) is 36.5 Å². The Morgan fingerprint density at radius 1 is 1.17 bits per heavy atom. The summed E-state index contributed by atoms with van der Waals surface area (Å²) in [5.74, 6) is 0.254. The van der Waals surface area contributed by atoms with Crippen LogP contribution in [0.2, 0.25) is 5.02 Å². The Labute approximate surface area is 175 Å². The number of alkyl halides is 3. The van der Waals surface area contributed by atoms with Crippen LogP contribution in [0.3, 0.4) is 0 Å². The summed E-state index contributed by atoms with van der Waals surface area (Å²) < 4.78 is 41.2. The SMILES string of the molecule is Cc1ncccc1-c1nnc2n1CC(C)N(Cc1cccc(C(F)(F)F)c1Cl)C2=O. The number of fused-ring (bicyclic) bond motifs is 1. The number of hydrogen-bond acceptors (Lipinski definition) is 4. The summed E-state index contributed by atoms with van der Waals surface area (Å²) in [5, 5.41) is 7.81. The number of hydrogen-bond donors (Lipinski definition) is 0. The number of carbonyl (C=O) groups excluding carboxylic acids is 1. The number of rotatable bonds is 3. The molecule has 4 rings (SSSR count). The predicted molar refractivity (Wildman–Crippen MR) is 104 cm³/mol. The molecule has 0 saturated carbocycles. The fourth-order valence-corrected chi connectivity index (χ4v) is 3.87. The maximum atomic E-state index is 13.2. The normalized spacial score (nSPS) is 16.7. The smallest absolute Gasteiger partial charge is 0.327 e. The van der Waals surface area contributed by atoms with E-state index in [0.717, 1.165) is 17.3 Å². The first kappa shape index (κ1) is 20.3. The largest absolute Gasteiger partial charge is 0.417 e. The van der Waals surface area contributed by atoms with Crippen LogP contribution in [0.1, 0.15) is 34.4 Å². The van der Waals surface area contributed by atoms with Gasteiger partial charge in [-0.3, -0.25) is 9.78 Å². The topological polar surface area (TPSA) is 63.9 Å². The number of aryl methyl sites for hydroxylation is 1. The van der Waals surface area contributed by atoms with E-state index in [1.807, 2.05) is 19.9 Å². The molecular formula is C20H17ClF3N5O. The van der Waals surface area contributed by atoms with Gasteiger partial charge in [-0.25, -0.2) is 0 Å². The first-order valence-corrected chi connectivity index (χ1v) is 9.57. The van der Waals surface area contributed by atoms with E-state index in [-0.39, 0.29) is 24.0 Å². The Kier molecular flexibility index (Phi) is 5.01. The summed E-state index contributed by atoms with van der Waals surface area (Å²) in [5.41, 5.74) is 0.830. The van der Waals surface area contributed by atoms with Gasteiger partial charge in [0.2, 0.25) is 5.82 Å². The van der Waals surface area contributed by atoms with Gasteiger partial charge in [0.05, 0.1) is 10.6 Å². The lowest BCUT2D eigenvalue weighted by Crippen LogP contribution is -2.46. The second-order valence-electron chi connectivity index (χ2n) is 7.15. The Morgan fingerprint density at radius 3 is 2.60 bits per heavy atom. The van der Waals surface area contributed by atoms with E-state index in [1.165, 1.54) is 17.0 Å². The zero-order chi connectivity index (χ0) is 21.6. The van der Waals surface area contributed by atoms with Crippen molar-refractivity contribution in [1.29, 1.82) is 0 Å². The molecule has 156 valence electrons. The molecule has 0 radical (unpaired) electrons. The fourth-order valence-electron chi connectivity index (χ4n) is 3.58. The molecule has 10 heteroatoms. The van der Waals surface area contributed by atoms with Gasteiger partial charge in [-0.2, -0.15) is 13.2 Å². The van der Waals surface area contributed by atoms with Crippen LogP contribution in [0.25, 0.3) is 11.4 Å². The molecule has 6 nitrogen and oxygen atoms in total. The first-order valence-electron chi connectivity index (χ1n) is 9.19. The summed E-state index contributed by atoms with van der Waals surface area (Å²) in [4.78, 5) is 18.8. The minimum atomic E-state index is -4.57. The zero-order valence-corrected chi connectivity index (χ0v) is 16.9. The van der Waals surface area contributed by atoms with Crippen LogP contribution < -0.4 is 0 Å². The van der Waals surface area contributed by atoms with Crippen molar-refractivity contribution in [2.45, 2.75) is 39.2 Å². The highest BCUT2D eigenvalue weighted by atomic mass is 35.5. The van der Waals surface area contributed by atoms with Crippen LogP contribution >= 0.6 is 11.6 Å². The van der Waals surface area contributed by atoms with Crippen molar-refractivity contribution in [3.8, 4) is 11.4 Å². The summed E-state index contributed by atoms with van der Waals surface area (Å²) in [6.45, 7) is 4.00. The third-order valence-electron chi connectivity index (χ3n) is 5.15. The van der Waals surface area contributed by atoms with Crippen molar-refractivity contribution >= 4 is 17.5 Å². The highest BCUT2D eigenvalue weighted by molar-refractivity contribution is 6.32. The van der Waals surface area contributed by atoms with E-state index in [9.17, 15) is 18.0 Å². The number of halogens is 4. The Hall–Kier alpha value is -2.94. The van der Waals surface area contributed by atoms with Gasteiger partial charge >= 0.3 is 6.18 Å². The molecule has 1 aliphatic heterocycles. The lowest BCUT2D eigenvalue weighted by molar-refractivity contribution is -0.137. The molecule has 0 bridgehead atoms. The second kappa shape index (κ2) is 7.39. The molecule has 0 N–H and O–H groups in total. The average Bonchev–Trinajstić information content (AvgIpc) is 3.09. The van der Waals surface area contributed by atoms with Crippen LogP contribution in [0.4, 0.5) is 13.2 Å². The highest BCUT2D eigenvalue weighted by Crippen LogP contribution is 2.37. The number of amides is 1. The molecule has 0 fully saturated rings. The monoisotopic (exact) mass is 435 g/mol. The van der Waals surface area contributed by atoms with Gasteiger partial charge in [0.25, 0.3) is 5.91 Å². The first-order chi connectivity index (χ1) is 14.2. The number of benzene rings is 1. The molecule has 3 aromatic rings. The van der Waals surface area contributed by atoms with Crippen molar-refractivity contribution in [1.82, 2.24) is 24.6 Å². The van der Waals surface area contributed by atoms with Crippen LogP contribution in [-0.2, 0) is 19.3 Å². The molecule has 1 amide bonds. The third-order valence-corrected chi connectivity index (χ3v) is 5.60. The second-order valence-corrected chi connectivity index (χ2v) is 7.53. The number of nitrogens with zero attached hydrogens (tertiary/aromatic N) is 5. The van der Waals surface area contributed by atoms with Gasteiger partial charge in [-0.1, -0.05) is 23.7 Å². The van der Waals surface area contributed by atoms with Crippen molar-refractivity contribution in [3.05, 3.63) is 64.2 Å². The number of aromatic nitrogens is 4. The standard InChI is InChI=1S/C20H17ClF3N5O/c1-11-9-29-17(14-6-4-8-25-12(14)2)26-27-18(29)19(30)28(11)10-13-5-3-7-15(16(13)21)20(22,23)24/h3-8,11H,9-10H2,1-2H3. The maximum absolute atomic E-state index is 13.2. The van der Waals surface area contributed by atoms with Gasteiger partial charge in [-0.15, -0.1) is 10.2 Å². The van der Waals surface area contributed by atoms with Crippen molar-refractivity contribution in [2.75, 3.05) is 0 Å². The Morgan fingerprint density at radius 2 is 1.90 bits per heavy atom. The van der Waals surface area contributed by atoms with E-state index >= 15 is 0 Å². The molecule has 0 saturated heterocycles. The van der Waals surface area contributed by atoms with Crippen molar-refractivity contribution < 1.29 is 18.0 Å². The molecule has 1 aromatic carbocycles. The molecule has 0 aliphatic carbocycles. The van der Waals surface area contributed by atoms with Crippen LogP contribution in [0, 0.1) is 6.92 Å². The summed E-state index contributed by atoms with van der Waals surface area (Å²) in [6, 6.07) is 7.02. The van der Waals surface area contributed by atoms with E-state index < -0.39 is 22.7 Å². The molecule has 3 heterocycles. The Balaban J connectivity index is 1.68. The van der Waals surface area contributed by atoms with Crippen molar-refractivity contribution in [3.63, 3.8) is 0 Å². The quantitative estimate of drug-likeness (QED) is 0.613. The van der Waals surface area contributed by atoms with Crippen LogP contribution in [0.5, 0.6) is 0 Å². The maximum Gasteiger partial charge on any atom is 0.417 e. The van der Waals surface area contributed by atoms with Gasteiger partial charge in [0.15, 0.2) is 5.82 Å². The van der Waals surface area contributed by atoms with Gasteiger partial charge < -0.3 is 9.47 Å². The van der Waals surface area contributed by atoms with E-state index in [4.69, 9.17) is 11.6 Å². The predicted octanol–water partition coefficient (Wildman–Crippen LogP) is 4.37. The third kappa shape index (κ3) is 3.43. The lowest BCUT2D eigenvalue weighted by Gasteiger charge is -2.34. The van der Waals surface area contributed by atoms with E-state index in [1.54, 1.807) is 16.8 Å². The van der Waals surface area contributed by atoms with E-state index in [2.05, 4.69) is 15.2 Å². The number of pyridine rings is 1. The minimum Gasteiger partial charge on any atom is -0.327 e. The minimum absolute atomic E-state index is 0.0587. The molecule has 1 unspecified atom stereocenters. The van der Waals surface area contributed by atoms with Gasteiger partial charge in [0, 0.05) is 36.6 Å². The highest BCUT2D eigenvalue weighted by Gasteiger charge is 2.37. The zero-order valence-electron chi connectivity index (χ0n) is 16.1. The summed E-state index contributed by atoms with van der Waals surface area (Å²) >= 11 is 6.01. The molecule has 2 aromatic heterocycles. The number of carbonyl (C=O) groups is 1. The van der Waals surface area contributed by atoms with Crippen LogP contribution in [-0.4, -0.2) is 36.6 Å². The molecule has 30 heavy (non-hydrogen) atoms. The summed E-state index contributed by atoms with van der Waals surface area (Å²) in [7, 11) is 0. The van der Waals surface area contributed by atoms with Gasteiger partial charge in [0.1, 0.15) is 0 Å². The summed E-state index contributed by atoms with van der Waals surface area (Å²) in [6.07, 6.45) is -2.90. The fraction of sp³-hybridized carbons (Fsp3) is 0.300. The lowest BCUT2D eigenvalue weighted by atomic mass is 10.1. The molecular weight excluding hydrogens is 419 g/mol.